The number of nitrogens with zero attached hydrogens (tertiary/aromatic N) is 4. The molecule has 1 aliphatic carbocycles. The van der Waals surface area contributed by atoms with Crippen LogP contribution in [0, 0.1) is 11.2 Å². The van der Waals surface area contributed by atoms with Gasteiger partial charge in [-0.3, -0.25) is 9.59 Å². The van der Waals surface area contributed by atoms with E-state index in [2.05, 4.69) is 32.5 Å². The molecule has 2 amide bonds. The van der Waals surface area contributed by atoms with Gasteiger partial charge in [0.25, 0.3) is 11.8 Å². The highest BCUT2D eigenvalue weighted by Gasteiger charge is 2.43. The second-order valence-corrected chi connectivity index (χ2v) is 12.0. The van der Waals surface area contributed by atoms with Gasteiger partial charge in [-0.25, -0.2) is 9.37 Å². The van der Waals surface area contributed by atoms with Crippen LogP contribution in [-0.2, 0) is 12.7 Å². The molecule has 2 aromatic carbocycles. The molecule has 3 aromatic rings. The third-order valence-corrected chi connectivity index (χ3v) is 8.79. The Balaban J connectivity index is 1.24. The minimum atomic E-state index is -4.88. The third kappa shape index (κ3) is 5.98. The predicted molar refractivity (Wildman–Crippen MR) is 155 cm³/mol. The fourth-order valence-electron chi connectivity index (χ4n) is 6.59. The molecule has 2 fully saturated rings. The van der Waals surface area contributed by atoms with Gasteiger partial charge in [0.1, 0.15) is 22.9 Å². The number of alkyl halides is 3. The second-order valence-electron chi connectivity index (χ2n) is 12.0. The second kappa shape index (κ2) is 11.5. The van der Waals surface area contributed by atoms with Crippen LogP contribution < -0.4 is 20.1 Å². The predicted octanol–water partition coefficient (Wildman–Crippen LogP) is 5.37. The van der Waals surface area contributed by atoms with Gasteiger partial charge in [0.2, 0.25) is 11.8 Å². The van der Waals surface area contributed by atoms with Gasteiger partial charge in [-0.2, -0.15) is 18.2 Å². The number of likely N-dealkylation sites (tertiary alicyclic amines) is 1. The van der Waals surface area contributed by atoms with E-state index >= 15 is 4.39 Å². The summed E-state index contributed by atoms with van der Waals surface area (Å²) in [5, 5.41) is 5.62. The summed E-state index contributed by atoms with van der Waals surface area (Å²) >= 11 is 0. The van der Waals surface area contributed by atoms with Crippen LogP contribution in [0.4, 0.5) is 29.2 Å². The maximum atomic E-state index is 15.3. The number of anilines is 2. The number of carbonyl (C=O) groups excluding carboxylic acids is 2. The number of fused-ring (bicyclic) bond motifs is 1. The van der Waals surface area contributed by atoms with E-state index in [1.54, 1.807) is 19.2 Å². The smallest absolute Gasteiger partial charge is 0.423 e. The van der Waals surface area contributed by atoms with Gasteiger partial charge in [0.05, 0.1) is 23.9 Å². The fourth-order valence-corrected chi connectivity index (χ4v) is 6.59. The zero-order valence-corrected chi connectivity index (χ0v) is 24.9. The molecule has 2 atom stereocenters. The zero-order chi connectivity index (χ0) is 32.1. The number of methoxy groups -OCH3 is 1. The van der Waals surface area contributed by atoms with Crippen molar-refractivity contribution in [2.75, 3.05) is 39.6 Å². The van der Waals surface area contributed by atoms with Crippen LogP contribution in [0.1, 0.15) is 57.5 Å². The van der Waals surface area contributed by atoms with E-state index in [0.717, 1.165) is 44.8 Å². The molecule has 3 heterocycles. The number of halogens is 4. The largest absolute Gasteiger partial charge is 0.495 e. The molecule has 0 bridgehead atoms. The summed E-state index contributed by atoms with van der Waals surface area (Å²) in [4.78, 5) is 37.1. The lowest BCUT2D eigenvalue weighted by Crippen LogP contribution is -2.35. The standard InChI is InChI=1S/C31H32F4N6O4/c1-40-10-9-30(16-40)8-7-18(13-30)37-26(42)19-11-24(44-3)22(12-21(19)32)38-29-36-14-20(31(33,34)35)27(39-29)45-23-6-4-5-17-15-41(2)28(43)25(17)23/h4-6,11-12,14,18H,7-10,13,15-16H2,1-3H3,(H,37,42)(H,36,38,39). The number of ether oxygens (including phenoxy) is 2. The van der Waals surface area contributed by atoms with Crippen molar-refractivity contribution in [3.8, 4) is 17.4 Å². The first-order valence-electron chi connectivity index (χ1n) is 14.5. The summed E-state index contributed by atoms with van der Waals surface area (Å²) in [6.45, 7) is 2.28. The minimum Gasteiger partial charge on any atom is -0.495 e. The number of hydrogen-bond acceptors (Lipinski definition) is 8. The monoisotopic (exact) mass is 628 g/mol. The first-order chi connectivity index (χ1) is 21.4. The summed E-state index contributed by atoms with van der Waals surface area (Å²) in [6, 6.07) is 6.77. The van der Waals surface area contributed by atoms with Gasteiger partial charge in [-0.15, -0.1) is 0 Å². The van der Waals surface area contributed by atoms with Crippen LogP contribution in [0.25, 0.3) is 0 Å². The van der Waals surface area contributed by atoms with Crippen molar-refractivity contribution in [2.24, 2.45) is 5.41 Å². The van der Waals surface area contributed by atoms with E-state index in [4.69, 9.17) is 9.47 Å². The lowest BCUT2D eigenvalue weighted by Gasteiger charge is -2.23. The van der Waals surface area contributed by atoms with Crippen molar-refractivity contribution < 1.29 is 36.6 Å². The molecule has 45 heavy (non-hydrogen) atoms. The van der Waals surface area contributed by atoms with Gasteiger partial charge in [-0.1, -0.05) is 12.1 Å². The van der Waals surface area contributed by atoms with Gasteiger partial charge >= 0.3 is 6.18 Å². The highest BCUT2D eigenvalue weighted by molar-refractivity contribution is 6.01. The Kier molecular flexibility index (Phi) is 7.79. The molecule has 0 radical (unpaired) electrons. The number of nitrogens with one attached hydrogen (secondary N) is 2. The average Bonchev–Trinajstić information content (AvgIpc) is 3.64. The van der Waals surface area contributed by atoms with Crippen LogP contribution in [0.2, 0.25) is 0 Å². The summed E-state index contributed by atoms with van der Waals surface area (Å²) < 4.78 is 68.0. The van der Waals surface area contributed by atoms with E-state index in [1.807, 2.05) is 0 Å². The molecular weight excluding hydrogens is 596 g/mol. The molecule has 2 aliphatic heterocycles. The molecule has 1 aromatic heterocycles. The van der Waals surface area contributed by atoms with E-state index in [-0.39, 0.29) is 52.3 Å². The molecule has 3 aliphatic rings. The molecule has 1 spiro atoms. The van der Waals surface area contributed by atoms with Gasteiger partial charge in [0, 0.05) is 38.4 Å². The maximum absolute atomic E-state index is 15.3. The summed E-state index contributed by atoms with van der Waals surface area (Å²) in [5.41, 5.74) is -0.609. The molecule has 1 saturated heterocycles. The summed E-state index contributed by atoms with van der Waals surface area (Å²) in [6.07, 6.45) is -0.644. The Labute approximate surface area is 256 Å². The lowest BCUT2D eigenvalue weighted by molar-refractivity contribution is -0.139. The van der Waals surface area contributed by atoms with Crippen molar-refractivity contribution >= 4 is 23.5 Å². The van der Waals surface area contributed by atoms with Crippen LogP contribution in [0.5, 0.6) is 17.4 Å². The maximum Gasteiger partial charge on any atom is 0.423 e. The van der Waals surface area contributed by atoms with Crippen molar-refractivity contribution in [3.05, 3.63) is 64.6 Å². The number of aromatic nitrogens is 2. The Bertz CT molecular complexity index is 1670. The van der Waals surface area contributed by atoms with Crippen molar-refractivity contribution in [1.82, 2.24) is 25.1 Å². The molecule has 2 N–H and O–H groups in total. The fraction of sp³-hybridized carbons (Fsp3) is 0.419. The summed E-state index contributed by atoms with van der Waals surface area (Å²) in [5.74, 6) is -3.11. The molecule has 10 nitrogen and oxygen atoms in total. The Hall–Kier alpha value is -4.46. The number of benzene rings is 2. The number of carbonyl (C=O) groups is 2. The van der Waals surface area contributed by atoms with E-state index in [0.29, 0.717) is 11.8 Å². The topological polar surface area (TPSA) is 109 Å². The van der Waals surface area contributed by atoms with Crippen LogP contribution in [0.3, 0.4) is 0 Å². The first kappa shape index (κ1) is 30.6. The van der Waals surface area contributed by atoms with E-state index in [9.17, 15) is 22.8 Å². The number of amides is 2. The van der Waals surface area contributed by atoms with Crippen LogP contribution in [0.15, 0.2) is 36.5 Å². The van der Waals surface area contributed by atoms with Crippen LogP contribution in [-0.4, -0.2) is 71.9 Å². The number of rotatable bonds is 7. The van der Waals surface area contributed by atoms with Gasteiger partial charge in [0.15, 0.2) is 0 Å². The highest BCUT2D eigenvalue weighted by Crippen LogP contribution is 2.45. The third-order valence-electron chi connectivity index (χ3n) is 8.79. The Morgan fingerprint density at radius 1 is 1.16 bits per heavy atom. The van der Waals surface area contributed by atoms with E-state index < -0.39 is 35.3 Å². The SMILES string of the molecule is COc1cc(C(=O)NC2CCC3(CCN(C)C3)C2)c(F)cc1Nc1ncc(C(F)(F)F)c(Oc2cccc3c2C(=O)N(C)C3)n1. The van der Waals surface area contributed by atoms with Crippen LogP contribution >= 0.6 is 0 Å². The van der Waals surface area contributed by atoms with Crippen molar-refractivity contribution in [1.29, 1.82) is 0 Å². The molecule has 14 heteroatoms. The summed E-state index contributed by atoms with van der Waals surface area (Å²) in [7, 11) is 4.96. The molecule has 1 saturated carbocycles. The van der Waals surface area contributed by atoms with E-state index in [1.165, 1.54) is 24.1 Å². The van der Waals surface area contributed by atoms with Gasteiger partial charge < -0.3 is 29.9 Å². The van der Waals surface area contributed by atoms with Crippen molar-refractivity contribution in [3.63, 3.8) is 0 Å². The average molecular weight is 629 g/mol. The molecular formula is C31H32F4N6O4. The Morgan fingerprint density at radius 2 is 1.96 bits per heavy atom. The molecule has 2 unspecified atom stereocenters. The minimum absolute atomic E-state index is 0.0246. The lowest BCUT2D eigenvalue weighted by atomic mass is 9.85. The molecule has 238 valence electrons. The molecule has 6 rings (SSSR count). The number of hydrogen-bond donors (Lipinski definition) is 2. The quantitative estimate of drug-likeness (QED) is 0.337. The zero-order valence-electron chi connectivity index (χ0n) is 24.9. The Morgan fingerprint density at radius 3 is 2.67 bits per heavy atom. The van der Waals surface area contributed by atoms with Crippen molar-refractivity contribution in [2.45, 2.75) is 44.4 Å². The first-order valence-corrected chi connectivity index (χ1v) is 14.5. The van der Waals surface area contributed by atoms with Gasteiger partial charge in [-0.05, 0) is 62.4 Å². The highest BCUT2D eigenvalue weighted by atomic mass is 19.4. The normalized spacial score (nSPS) is 21.4.